The average molecular weight is 380 g/mol. The largest absolute Gasteiger partial charge is 0.340 e. The van der Waals surface area contributed by atoms with Crippen molar-refractivity contribution in [1.29, 1.82) is 0 Å². The number of amides is 2. The average Bonchev–Trinajstić information content (AvgIpc) is 2.54. The maximum absolute atomic E-state index is 12.6. The van der Waals surface area contributed by atoms with Crippen LogP contribution in [0.25, 0.3) is 0 Å². The number of halogens is 2. The molecule has 0 aliphatic rings. The lowest BCUT2D eigenvalue weighted by atomic mass is 10.0. The number of pyridine rings is 1. The quantitative estimate of drug-likeness (QED) is 0.790. The van der Waals surface area contributed by atoms with Crippen LogP contribution >= 0.6 is 23.2 Å². The van der Waals surface area contributed by atoms with E-state index in [1.54, 1.807) is 30.6 Å². The number of carbonyl (C=O) groups excluding carboxylic acids is 2. The minimum Gasteiger partial charge on any atom is -0.340 e. The highest BCUT2D eigenvalue weighted by molar-refractivity contribution is 6.36. The molecule has 0 saturated heterocycles. The van der Waals surface area contributed by atoms with Gasteiger partial charge in [-0.1, -0.05) is 37.0 Å². The summed E-state index contributed by atoms with van der Waals surface area (Å²) in [5, 5.41) is 6.21. The molecule has 25 heavy (non-hydrogen) atoms. The second-order valence-electron chi connectivity index (χ2n) is 6.00. The smallest absolute Gasteiger partial charge is 0.253 e. The molecule has 2 N–H and O–H groups in total. The monoisotopic (exact) mass is 379 g/mol. The van der Waals surface area contributed by atoms with Crippen molar-refractivity contribution in [2.45, 2.75) is 26.3 Å². The standard InChI is InChI=1S/C18H19Cl2N3O2/c1-11(2)9-16(18(25)22-13-5-7-21-8-6-13)23-17(24)14-4-3-12(19)10-15(14)20/h3-8,10-11,16H,9H2,1-2H3,(H,23,24)(H,21,22,25). The van der Waals surface area contributed by atoms with E-state index in [1.807, 2.05) is 13.8 Å². The summed E-state index contributed by atoms with van der Waals surface area (Å²) in [4.78, 5) is 29.0. The summed E-state index contributed by atoms with van der Waals surface area (Å²) >= 11 is 11.9. The molecule has 1 aromatic heterocycles. The maximum atomic E-state index is 12.6. The number of hydrogen-bond acceptors (Lipinski definition) is 3. The Labute approximate surface area is 156 Å². The van der Waals surface area contributed by atoms with E-state index in [9.17, 15) is 9.59 Å². The van der Waals surface area contributed by atoms with Crippen LogP contribution in [0.1, 0.15) is 30.6 Å². The third-order valence-corrected chi connectivity index (χ3v) is 4.00. The molecule has 2 amide bonds. The minimum atomic E-state index is -0.688. The summed E-state index contributed by atoms with van der Waals surface area (Å²) in [7, 11) is 0. The van der Waals surface area contributed by atoms with Crippen LogP contribution in [0.15, 0.2) is 42.7 Å². The van der Waals surface area contributed by atoms with Gasteiger partial charge in [-0.25, -0.2) is 0 Å². The zero-order valence-corrected chi connectivity index (χ0v) is 15.4. The summed E-state index contributed by atoms with van der Waals surface area (Å²) in [6.07, 6.45) is 3.66. The summed E-state index contributed by atoms with van der Waals surface area (Å²) in [5.74, 6) is -0.496. The number of aromatic nitrogens is 1. The van der Waals surface area contributed by atoms with Gasteiger partial charge in [0.2, 0.25) is 5.91 Å². The van der Waals surface area contributed by atoms with E-state index in [1.165, 1.54) is 12.1 Å². The van der Waals surface area contributed by atoms with Crippen LogP contribution < -0.4 is 10.6 Å². The van der Waals surface area contributed by atoms with E-state index in [0.717, 1.165) is 0 Å². The van der Waals surface area contributed by atoms with Gasteiger partial charge in [0.05, 0.1) is 10.6 Å². The molecular weight excluding hydrogens is 361 g/mol. The highest BCUT2D eigenvalue weighted by Crippen LogP contribution is 2.21. The van der Waals surface area contributed by atoms with Crippen LogP contribution in [-0.2, 0) is 4.79 Å². The molecule has 132 valence electrons. The number of anilines is 1. The molecule has 2 rings (SSSR count). The number of benzene rings is 1. The first kappa shape index (κ1) is 19.2. The summed E-state index contributed by atoms with van der Waals surface area (Å²) in [5.41, 5.74) is 0.893. The molecule has 7 heteroatoms. The topological polar surface area (TPSA) is 71.1 Å². The Bertz CT molecular complexity index is 751. The van der Waals surface area contributed by atoms with E-state index < -0.39 is 11.9 Å². The third-order valence-electron chi connectivity index (χ3n) is 3.45. The molecule has 0 spiro atoms. The normalized spacial score (nSPS) is 11.9. The van der Waals surface area contributed by atoms with Crippen LogP contribution in [0, 0.1) is 5.92 Å². The first-order valence-corrected chi connectivity index (χ1v) is 8.59. The van der Waals surface area contributed by atoms with E-state index >= 15 is 0 Å². The van der Waals surface area contributed by atoms with Crippen molar-refractivity contribution in [3.05, 3.63) is 58.3 Å². The van der Waals surface area contributed by atoms with E-state index in [-0.39, 0.29) is 22.4 Å². The molecule has 1 atom stereocenters. The molecule has 0 bridgehead atoms. The number of nitrogens with zero attached hydrogens (tertiary/aromatic N) is 1. The Morgan fingerprint density at radius 1 is 1.12 bits per heavy atom. The van der Waals surface area contributed by atoms with Gasteiger partial charge < -0.3 is 10.6 Å². The summed E-state index contributed by atoms with van der Waals surface area (Å²) < 4.78 is 0. The van der Waals surface area contributed by atoms with Crippen molar-refractivity contribution in [2.75, 3.05) is 5.32 Å². The van der Waals surface area contributed by atoms with Crippen LogP contribution in [-0.4, -0.2) is 22.8 Å². The number of hydrogen-bond donors (Lipinski definition) is 2. The van der Waals surface area contributed by atoms with Crippen molar-refractivity contribution in [2.24, 2.45) is 5.92 Å². The molecule has 5 nitrogen and oxygen atoms in total. The first-order chi connectivity index (χ1) is 11.9. The van der Waals surface area contributed by atoms with Gasteiger partial charge in [0.25, 0.3) is 5.91 Å². The van der Waals surface area contributed by atoms with E-state index in [0.29, 0.717) is 17.1 Å². The Morgan fingerprint density at radius 3 is 2.40 bits per heavy atom. The fraction of sp³-hybridized carbons (Fsp3) is 0.278. The fourth-order valence-corrected chi connectivity index (χ4v) is 2.77. The molecular formula is C18H19Cl2N3O2. The Kier molecular flexibility index (Phi) is 6.79. The van der Waals surface area contributed by atoms with E-state index in [2.05, 4.69) is 15.6 Å². The van der Waals surface area contributed by atoms with Gasteiger partial charge in [0.1, 0.15) is 6.04 Å². The SMILES string of the molecule is CC(C)CC(NC(=O)c1ccc(Cl)cc1Cl)C(=O)Nc1ccncc1. The highest BCUT2D eigenvalue weighted by atomic mass is 35.5. The lowest BCUT2D eigenvalue weighted by molar-refractivity contribution is -0.118. The predicted octanol–water partition coefficient (Wildman–Crippen LogP) is 4.17. The minimum absolute atomic E-state index is 0.217. The van der Waals surface area contributed by atoms with E-state index in [4.69, 9.17) is 23.2 Å². The van der Waals surface area contributed by atoms with Crippen LogP contribution in [0.4, 0.5) is 5.69 Å². The lowest BCUT2D eigenvalue weighted by Gasteiger charge is -2.20. The molecule has 0 radical (unpaired) electrons. The number of rotatable bonds is 6. The number of carbonyl (C=O) groups is 2. The lowest BCUT2D eigenvalue weighted by Crippen LogP contribution is -2.44. The van der Waals surface area contributed by atoms with Gasteiger partial charge in [-0.3, -0.25) is 14.6 Å². The third kappa shape index (κ3) is 5.73. The van der Waals surface area contributed by atoms with Crippen LogP contribution in [0.5, 0.6) is 0 Å². The Morgan fingerprint density at radius 2 is 1.80 bits per heavy atom. The van der Waals surface area contributed by atoms with Crippen LogP contribution in [0.3, 0.4) is 0 Å². The van der Waals surface area contributed by atoms with Gasteiger partial charge in [-0.15, -0.1) is 0 Å². The van der Waals surface area contributed by atoms with Crippen molar-refractivity contribution in [3.63, 3.8) is 0 Å². The van der Waals surface area contributed by atoms with Crippen molar-refractivity contribution < 1.29 is 9.59 Å². The molecule has 1 aromatic carbocycles. The predicted molar refractivity (Wildman–Crippen MR) is 100 cm³/mol. The highest BCUT2D eigenvalue weighted by Gasteiger charge is 2.23. The summed E-state index contributed by atoms with van der Waals surface area (Å²) in [6.45, 7) is 3.96. The molecule has 0 fully saturated rings. The molecule has 1 heterocycles. The van der Waals surface area contributed by atoms with Gasteiger partial charge in [-0.05, 0) is 42.7 Å². The molecule has 2 aromatic rings. The first-order valence-electron chi connectivity index (χ1n) is 7.83. The van der Waals surface area contributed by atoms with Gasteiger partial charge in [0, 0.05) is 23.1 Å². The van der Waals surface area contributed by atoms with Gasteiger partial charge in [0.15, 0.2) is 0 Å². The molecule has 0 saturated carbocycles. The number of nitrogens with one attached hydrogen (secondary N) is 2. The fourth-order valence-electron chi connectivity index (χ4n) is 2.28. The van der Waals surface area contributed by atoms with Crippen LogP contribution in [0.2, 0.25) is 10.0 Å². The van der Waals surface area contributed by atoms with Gasteiger partial charge >= 0.3 is 0 Å². The van der Waals surface area contributed by atoms with Crippen molar-refractivity contribution in [1.82, 2.24) is 10.3 Å². The molecule has 0 aliphatic heterocycles. The molecule has 0 aliphatic carbocycles. The zero-order valence-electron chi connectivity index (χ0n) is 13.9. The van der Waals surface area contributed by atoms with Crippen molar-refractivity contribution >= 4 is 40.7 Å². The Hall–Kier alpha value is -2.11. The maximum Gasteiger partial charge on any atom is 0.253 e. The second kappa shape index (κ2) is 8.83. The van der Waals surface area contributed by atoms with Gasteiger partial charge in [-0.2, -0.15) is 0 Å². The molecule has 1 unspecified atom stereocenters. The second-order valence-corrected chi connectivity index (χ2v) is 6.85. The van der Waals surface area contributed by atoms with Crippen molar-refractivity contribution in [3.8, 4) is 0 Å². The Balaban J connectivity index is 2.13. The summed E-state index contributed by atoms with van der Waals surface area (Å²) in [6, 6.07) is 7.29. The zero-order chi connectivity index (χ0) is 18.4.